The minimum Gasteiger partial charge on any atom is -0.480 e. The van der Waals surface area contributed by atoms with Crippen LogP contribution >= 0.6 is 11.3 Å². The van der Waals surface area contributed by atoms with E-state index in [1.807, 2.05) is 5.38 Å². The Morgan fingerprint density at radius 1 is 1.47 bits per heavy atom. The van der Waals surface area contributed by atoms with E-state index in [1.165, 1.54) is 11.3 Å². The second kappa shape index (κ2) is 7.58. The molecule has 1 heterocycles. The molecule has 0 saturated heterocycles. The topological polar surface area (TPSA) is 101 Å². The first kappa shape index (κ1) is 13.4. The SMILES string of the molecule is O=C(O)COCCNC(=O)NCc1cscn1. The Hall–Kier alpha value is -1.67. The lowest BCUT2D eigenvalue weighted by molar-refractivity contribution is -0.142. The molecule has 0 unspecified atom stereocenters. The summed E-state index contributed by atoms with van der Waals surface area (Å²) in [7, 11) is 0. The molecule has 0 aliphatic heterocycles. The van der Waals surface area contributed by atoms with Gasteiger partial charge in [-0.3, -0.25) is 0 Å². The number of carbonyl (C=O) groups is 2. The molecule has 0 bridgehead atoms. The zero-order valence-electron chi connectivity index (χ0n) is 9.01. The molecule has 94 valence electrons. The molecule has 0 spiro atoms. The average molecular weight is 259 g/mol. The van der Waals surface area contributed by atoms with Gasteiger partial charge in [0.05, 0.1) is 24.4 Å². The molecule has 1 rings (SSSR count). The highest BCUT2D eigenvalue weighted by molar-refractivity contribution is 7.07. The van der Waals surface area contributed by atoms with E-state index in [-0.39, 0.29) is 25.8 Å². The van der Waals surface area contributed by atoms with Crippen molar-refractivity contribution in [3.63, 3.8) is 0 Å². The first-order valence-corrected chi connectivity index (χ1v) is 5.81. The van der Waals surface area contributed by atoms with Crippen molar-refractivity contribution in [1.82, 2.24) is 15.6 Å². The van der Waals surface area contributed by atoms with Crippen LogP contribution < -0.4 is 10.6 Å². The van der Waals surface area contributed by atoms with Crippen LogP contribution in [0.25, 0.3) is 0 Å². The Morgan fingerprint density at radius 2 is 2.29 bits per heavy atom. The first-order valence-electron chi connectivity index (χ1n) is 4.87. The summed E-state index contributed by atoms with van der Waals surface area (Å²) < 4.78 is 4.74. The summed E-state index contributed by atoms with van der Waals surface area (Å²) in [4.78, 5) is 25.3. The molecule has 0 aliphatic carbocycles. The van der Waals surface area contributed by atoms with Gasteiger partial charge in [0.2, 0.25) is 0 Å². The van der Waals surface area contributed by atoms with Crippen molar-refractivity contribution in [3.05, 3.63) is 16.6 Å². The van der Waals surface area contributed by atoms with Crippen LogP contribution in [0.3, 0.4) is 0 Å². The Labute approximate surface area is 102 Å². The molecule has 17 heavy (non-hydrogen) atoms. The van der Waals surface area contributed by atoms with Crippen molar-refractivity contribution in [2.45, 2.75) is 6.54 Å². The maximum atomic E-state index is 11.2. The van der Waals surface area contributed by atoms with Gasteiger partial charge in [0.25, 0.3) is 0 Å². The van der Waals surface area contributed by atoms with Gasteiger partial charge in [0, 0.05) is 11.9 Å². The van der Waals surface area contributed by atoms with Gasteiger partial charge in [-0.1, -0.05) is 0 Å². The van der Waals surface area contributed by atoms with Crippen LogP contribution in [0.15, 0.2) is 10.9 Å². The summed E-state index contributed by atoms with van der Waals surface area (Å²) in [5, 5.41) is 15.3. The fourth-order valence-electron chi connectivity index (χ4n) is 0.954. The van der Waals surface area contributed by atoms with Gasteiger partial charge in [0.1, 0.15) is 6.61 Å². The van der Waals surface area contributed by atoms with Gasteiger partial charge in [-0.15, -0.1) is 11.3 Å². The molecule has 1 aromatic rings. The van der Waals surface area contributed by atoms with Gasteiger partial charge in [-0.2, -0.15) is 0 Å². The molecule has 0 saturated carbocycles. The molecule has 8 heteroatoms. The lowest BCUT2D eigenvalue weighted by Crippen LogP contribution is -2.37. The smallest absolute Gasteiger partial charge is 0.329 e. The molecule has 3 N–H and O–H groups in total. The number of carboxylic acids is 1. The predicted octanol–water partition coefficient (Wildman–Crippen LogP) is 0.0435. The van der Waals surface area contributed by atoms with E-state index in [4.69, 9.17) is 9.84 Å². The molecule has 0 atom stereocenters. The third kappa shape index (κ3) is 6.48. The van der Waals surface area contributed by atoms with Crippen LogP contribution in [-0.2, 0) is 16.1 Å². The van der Waals surface area contributed by atoms with Crippen molar-refractivity contribution in [2.24, 2.45) is 0 Å². The number of hydrogen-bond acceptors (Lipinski definition) is 5. The molecular weight excluding hydrogens is 246 g/mol. The number of ether oxygens (including phenoxy) is 1. The maximum absolute atomic E-state index is 11.2. The van der Waals surface area contributed by atoms with Crippen LogP contribution in [0.1, 0.15) is 5.69 Å². The third-order valence-electron chi connectivity index (χ3n) is 1.67. The highest BCUT2D eigenvalue weighted by Gasteiger charge is 2.01. The zero-order chi connectivity index (χ0) is 12.5. The van der Waals surface area contributed by atoms with Crippen molar-refractivity contribution >= 4 is 23.3 Å². The number of hydrogen-bond donors (Lipinski definition) is 3. The monoisotopic (exact) mass is 259 g/mol. The molecule has 7 nitrogen and oxygen atoms in total. The van der Waals surface area contributed by atoms with Crippen molar-refractivity contribution in [2.75, 3.05) is 19.8 Å². The molecule has 0 aromatic carbocycles. The number of nitrogens with one attached hydrogen (secondary N) is 2. The molecular formula is C9H13N3O4S. The number of thiazole rings is 1. The Balaban J connectivity index is 2.00. The van der Waals surface area contributed by atoms with Crippen LogP contribution in [0.4, 0.5) is 4.79 Å². The molecule has 0 fully saturated rings. The Morgan fingerprint density at radius 3 is 2.94 bits per heavy atom. The highest BCUT2D eigenvalue weighted by Crippen LogP contribution is 1.99. The van der Waals surface area contributed by atoms with Crippen molar-refractivity contribution in [3.8, 4) is 0 Å². The summed E-state index contributed by atoms with van der Waals surface area (Å²) >= 11 is 1.46. The van der Waals surface area contributed by atoms with E-state index in [9.17, 15) is 9.59 Å². The van der Waals surface area contributed by atoms with E-state index in [0.717, 1.165) is 5.69 Å². The lowest BCUT2D eigenvalue weighted by Gasteiger charge is -2.06. The third-order valence-corrected chi connectivity index (χ3v) is 2.31. The lowest BCUT2D eigenvalue weighted by atomic mass is 10.5. The maximum Gasteiger partial charge on any atom is 0.329 e. The van der Waals surface area contributed by atoms with Crippen molar-refractivity contribution in [1.29, 1.82) is 0 Å². The normalized spacial score (nSPS) is 9.88. The summed E-state index contributed by atoms with van der Waals surface area (Å²) in [5.41, 5.74) is 2.49. The van der Waals surface area contributed by atoms with Gasteiger partial charge >= 0.3 is 12.0 Å². The number of urea groups is 1. The average Bonchev–Trinajstić information content (AvgIpc) is 2.78. The minimum absolute atomic E-state index is 0.163. The Bertz CT molecular complexity index is 355. The quantitative estimate of drug-likeness (QED) is 0.600. The number of aromatic nitrogens is 1. The second-order valence-electron chi connectivity index (χ2n) is 3.04. The van der Waals surface area contributed by atoms with Crippen LogP contribution in [0.2, 0.25) is 0 Å². The number of carboxylic acid groups (broad SMARTS) is 1. The fourth-order valence-corrected chi connectivity index (χ4v) is 1.51. The number of amides is 2. The van der Waals surface area contributed by atoms with E-state index in [2.05, 4.69) is 15.6 Å². The van der Waals surface area contributed by atoms with Crippen LogP contribution in [0.5, 0.6) is 0 Å². The van der Waals surface area contributed by atoms with E-state index >= 15 is 0 Å². The van der Waals surface area contributed by atoms with E-state index in [1.54, 1.807) is 5.51 Å². The number of carbonyl (C=O) groups excluding carboxylic acids is 1. The van der Waals surface area contributed by atoms with Gasteiger partial charge in [-0.25, -0.2) is 14.6 Å². The molecule has 2 amide bonds. The van der Waals surface area contributed by atoms with Crippen molar-refractivity contribution < 1.29 is 19.4 Å². The van der Waals surface area contributed by atoms with Gasteiger partial charge in [0.15, 0.2) is 0 Å². The summed E-state index contributed by atoms with van der Waals surface area (Å²) in [6.07, 6.45) is 0. The molecule has 0 aliphatic rings. The summed E-state index contributed by atoms with van der Waals surface area (Å²) in [6.45, 7) is 0.431. The largest absolute Gasteiger partial charge is 0.480 e. The predicted molar refractivity (Wildman–Crippen MR) is 60.8 cm³/mol. The Kier molecular flexibility index (Phi) is 5.97. The minimum atomic E-state index is -1.03. The van der Waals surface area contributed by atoms with Crippen LogP contribution in [0, 0.1) is 0 Å². The van der Waals surface area contributed by atoms with E-state index < -0.39 is 5.97 Å². The number of rotatable bonds is 7. The highest BCUT2D eigenvalue weighted by atomic mass is 32.1. The standard InChI is InChI=1S/C9H13N3O4S/c13-8(14)4-16-2-1-10-9(15)11-3-7-5-17-6-12-7/h5-6H,1-4H2,(H,13,14)(H2,10,11,15). The zero-order valence-corrected chi connectivity index (χ0v) is 9.83. The number of nitrogens with zero attached hydrogens (tertiary/aromatic N) is 1. The van der Waals surface area contributed by atoms with Gasteiger partial charge in [-0.05, 0) is 0 Å². The molecule has 1 aromatic heterocycles. The fraction of sp³-hybridized carbons (Fsp3) is 0.444. The summed E-state index contributed by atoms with van der Waals surface area (Å²) in [6, 6.07) is -0.336. The first-order chi connectivity index (χ1) is 8.18. The molecule has 0 radical (unpaired) electrons. The second-order valence-corrected chi connectivity index (χ2v) is 3.75. The summed E-state index contributed by atoms with van der Waals surface area (Å²) in [5.74, 6) is -1.03. The van der Waals surface area contributed by atoms with Crippen LogP contribution in [-0.4, -0.2) is 41.8 Å². The van der Waals surface area contributed by atoms with Gasteiger partial charge < -0.3 is 20.5 Å². The number of aliphatic carboxylic acids is 1. The van der Waals surface area contributed by atoms with E-state index in [0.29, 0.717) is 6.54 Å².